The molecular weight excluding hydrogens is 408 g/mol. The second-order valence-electron chi connectivity index (χ2n) is 6.96. The van der Waals surface area contributed by atoms with Crippen molar-refractivity contribution in [2.75, 3.05) is 13.2 Å². The lowest BCUT2D eigenvalue weighted by molar-refractivity contribution is -0.137. The normalized spacial score (nSPS) is 10.4. The van der Waals surface area contributed by atoms with Crippen molar-refractivity contribution in [3.8, 4) is 28.4 Å². The molecule has 0 atom stereocenters. The fourth-order valence-electron chi connectivity index (χ4n) is 3.24. The van der Waals surface area contributed by atoms with Gasteiger partial charge in [-0.1, -0.05) is 43.0 Å². The van der Waals surface area contributed by atoms with E-state index in [4.69, 9.17) is 9.47 Å². The first-order valence-corrected chi connectivity index (χ1v) is 10.2. The van der Waals surface area contributed by atoms with Crippen LogP contribution in [0.2, 0.25) is 0 Å². The number of benzene rings is 3. The highest BCUT2D eigenvalue weighted by atomic mass is 16.5. The summed E-state index contributed by atoms with van der Waals surface area (Å²) >= 11 is 0. The molecule has 0 bridgehead atoms. The summed E-state index contributed by atoms with van der Waals surface area (Å²) in [5.74, 6) is -0.911. The molecule has 3 rings (SSSR count). The number of phenolic OH excluding ortho intramolecular Hbond substituents is 2. The van der Waals surface area contributed by atoms with Gasteiger partial charge < -0.3 is 19.7 Å². The molecule has 0 saturated heterocycles. The average molecular weight is 432 g/mol. The molecule has 0 amide bonds. The van der Waals surface area contributed by atoms with Gasteiger partial charge in [-0.05, 0) is 36.2 Å². The highest BCUT2D eigenvalue weighted by molar-refractivity contribution is 6.13. The first-order valence-electron chi connectivity index (χ1n) is 10.2. The molecule has 0 aliphatic carbocycles. The number of carbonyl (C=O) groups is 2. The Morgan fingerprint density at radius 1 is 0.969 bits per heavy atom. The fourth-order valence-corrected chi connectivity index (χ4v) is 3.24. The number of para-hydroxylation sites is 1. The summed E-state index contributed by atoms with van der Waals surface area (Å²) in [5.41, 5.74) is 2.54. The molecule has 0 saturated carbocycles. The molecule has 0 fully saturated rings. The van der Waals surface area contributed by atoms with Crippen molar-refractivity contribution in [1.29, 1.82) is 0 Å². The number of hydrogen-bond donors (Lipinski definition) is 2. The van der Waals surface area contributed by atoms with E-state index >= 15 is 0 Å². The first-order chi connectivity index (χ1) is 15.4. The second kappa shape index (κ2) is 10.3. The number of esters is 1. The van der Waals surface area contributed by atoms with Crippen LogP contribution in [-0.2, 0) is 16.0 Å². The Bertz CT molecular complexity index is 1130. The highest BCUT2D eigenvalue weighted by Crippen LogP contribution is 2.37. The molecule has 3 aromatic carbocycles. The van der Waals surface area contributed by atoms with E-state index in [0.717, 1.165) is 17.2 Å². The van der Waals surface area contributed by atoms with Crippen molar-refractivity contribution >= 4 is 11.8 Å². The lowest BCUT2D eigenvalue weighted by Gasteiger charge is -2.15. The molecule has 164 valence electrons. The van der Waals surface area contributed by atoms with E-state index in [1.807, 2.05) is 31.2 Å². The van der Waals surface area contributed by atoms with E-state index in [2.05, 4.69) is 6.58 Å². The number of aromatic hydroxyl groups is 2. The first kappa shape index (κ1) is 22.6. The van der Waals surface area contributed by atoms with Crippen LogP contribution in [0.25, 0.3) is 11.1 Å². The number of ketones is 1. The van der Waals surface area contributed by atoms with Gasteiger partial charge in [0, 0.05) is 24.1 Å². The molecule has 2 N–H and O–H groups in total. The Hall–Kier alpha value is -4.06. The molecule has 0 unspecified atom stereocenters. The molecule has 32 heavy (non-hydrogen) atoms. The zero-order valence-corrected chi connectivity index (χ0v) is 17.7. The van der Waals surface area contributed by atoms with Crippen LogP contribution in [0.5, 0.6) is 17.2 Å². The Balaban J connectivity index is 1.93. The quantitative estimate of drug-likeness (QED) is 0.290. The van der Waals surface area contributed by atoms with Crippen molar-refractivity contribution in [2.45, 2.75) is 13.3 Å². The average Bonchev–Trinajstić information content (AvgIpc) is 2.80. The maximum absolute atomic E-state index is 13.0. The van der Waals surface area contributed by atoms with E-state index in [0.29, 0.717) is 24.3 Å². The Labute approximate surface area is 186 Å². The molecule has 6 nitrogen and oxygen atoms in total. The third-order valence-corrected chi connectivity index (χ3v) is 4.86. The Morgan fingerprint density at radius 2 is 1.69 bits per heavy atom. The van der Waals surface area contributed by atoms with Crippen LogP contribution >= 0.6 is 0 Å². The number of phenols is 2. The van der Waals surface area contributed by atoms with Gasteiger partial charge in [0.05, 0.1) is 24.3 Å². The minimum absolute atomic E-state index is 0.0605. The zero-order chi connectivity index (χ0) is 23.1. The minimum Gasteiger partial charge on any atom is -0.507 e. The summed E-state index contributed by atoms with van der Waals surface area (Å²) in [6.45, 7) is 5.82. The second-order valence-corrected chi connectivity index (χ2v) is 6.96. The van der Waals surface area contributed by atoms with Crippen molar-refractivity contribution in [1.82, 2.24) is 0 Å². The molecule has 0 spiro atoms. The van der Waals surface area contributed by atoms with E-state index in [1.54, 1.807) is 18.2 Å². The van der Waals surface area contributed by atoms with Gasteiger partial charge in [0.1, 0.15) is 17.2 Å². The van der Waals surface area contributed by atoms with E-state index in [-0.39, 0.29) is 29.2 Å². The third kappa shape index (κ3) is 5.16. The van der Waals surface area contributed by atoms with Crippen LogP contribution in [-0.4, -0.2) is 35.2 Å². The van der Waals surface area contributed by atoms with Gasteiger partial charge in [-0.2, -0.15) is 0 Å². The van der Waals surface area contributed by atoms with Crippen LogP contribution < -0.4 is 4.74 Å². The predicted molar refractivity (Wildman–Crippen MR) is 121 cm³/mol. The Kier molecular flexibility index (Phi) is 7.29. The molecule has 0 heterocycles. The van der Waals surface area contributed by atoms with Gasteiger partial charge in [-0.3, -0.25) is 4.79 Å². The molecule has 0 aliphatic heterocycles. The zero-order valence-electron chi connectivity index (χ0n) is 17.7. The van der Waals surface area contributed by atoms with Gasteiger partial charge in [0.2, 0.25) is 0 Å². The SMILES string of the molecule is C=CC(=O)OCCc1ccc(-c2cc(C(=O)c3ccccc3O)c(O)cc2OCC)cc1. The topological polar surface area (TPSA) is 93.1 Å². The molecule has 0 aromatic heterocycles. The van der Waals surface area contributed by atoms with Crippen molar-refractivity contribution in [3.63, 3.8) is 0 Å². The maximum atomic E-state index is 13.0. The molecule has 6 heteroatoms. The largest absolute Gasteiger partial charge is 0.507 e. The standard InChI is InChI=1S/C26H24O6/c1-3-25(29)32-14-13-17-9-11-18(12-10-17)20-15-21(23(28)16-24(20)31-4-2)26(30)19-7-5-6-8-22(19)27/h3,5-12,15-16,27-28H,1,4,13-14H2,2H3. The number of carbonyl (C=O) groups excluding carboxylic acids is 2. The highest BCUT2D eigenvalue weighted by Gasteiger charge is 2.20. The predicted octanol–water partition coefficient (Wildman–Crippen LogP) is 4.67. The fraction of sp³-hybridized carbons (Fsp3) is 0.154. The van der Waals surface area contributed by atoms with Crippen LogP contribution in [0.15, 0.2) is 73.3 Å². The van der Waals surface area contributed by atoms with Gasteiger partial charge >= 0.3 is 5.97 Å². The summed E-state index contributed by atoms with van der Waals surface area (Å²) in [6, 6.07) is 16.7. The van der Waals surface area contributed by atoms with Crippen LogP contribution in [0.4, 0.5) is 0 Å². The number of ether oxygens (including phenoxy) is 2. The molecular formula is C26H24O6. The summed E-state index contributed by atoms with van der Waals surface area (Å²) in [6.07, 6.45) is 1.67. The van der Waals surface area contributed by atoms with Gasteiger partial charge in [0.15, 0.2) is 5.78 Å². The van der Waals surface area contributed by atoms with Gasteiger partial charge in [0.25, 0.3) is 0 Å². The monoisotopic (exact) mass is 432 g/mol. The van der Waals surface area contributed by atoms with Crippen molar-refractivity contribution < 1.29 is 29.3 Å². The van der Waals surface area contributed by atoms with Crippen LogP contribution in [0.1, 0.15) is 28.4 Å². The third-order valence-electron chi connectivity index (χ3n) is 4.86. The molecule has 0 radical (unpaired) electrons. The van der Waals surface area contributed by atoms with Crippen LogP contribution in [0, 0.1) is 0 Å². The van der Waals surface area contributed by atoms with Crippen molar-refractivity contribution in [3.05, 3.63) is 90.0 Å². The molecule has 0 aliphatic rings. The minimum atomic E-state index is -0.495. The summed E-state index contributed by atoms with van der Waals surface area (Å²) in [5, 5.41) is 20.5. The van der Waals surface area contributed by atoms with Crippen LogP contribution in [0.3, 0.4) is 0 Å². The van der Waals surface area contributed by atoms with E-state index in [9.17, 15) is 19.8 Å². The Morgan fingerprint density at radius 3 is 2.34 bits per heavy atom. The summed E-state index contributed by atoms with van der Waals surface area (Å²) < 4.78 is 10.7. The smallest absolute Gasteiger partial charge is 0.330 e. The van der Waals surface area contributed by atoms with Crippen molar-refractivity contribution in [2.24, 2.45) is 0 Å². The van der Waals surface area contributed by atoms with E-state index in [1.165, 1.54) is 18.2 Å². The lowest BCUT2D eigenvalue weighted by atomic mass is 9.95. The maximum Gasteiger partial charge on any atom is 0.330 e. The number of hydrogen-bond acceptors (Lipinski definition) is 6. The lowest BCUT2D eigenvalue weighted by Crippen LogP contribution is -2.05. The van der Waals surface area contributed by atoms with E-state index < -0.39 is 11.8 Å². The number of rotatable bonds is 9. The molecule has 3 aromatic rings. The van der Waals surface area contributed by atoms with Gasteiger partial charge in [-0.15, -0.1) is 0 Å². The summed E-state index contributed by atoms with van der Waals surface area (Å²) in [7, 11) is 0. The summed E-state index contributed by atoms with van der Waals surface area (Å²) in [4.78, 5) is 24.1. The van der Waals surface area contributed by atoms with Gasteiger partial charge in [-0.25, -0.2) is 4.79 Å².